The van der Waals surface area contributed by atoms with E-state index in [2.05, 4.69) is 19.6 Å². The highest BCUT2D eigenvalue weighted by atomic mass is 16.5. The Morgan fingerprint density at radius 2 is 2.10 bits per heavy atom. The van der Waals surface area contributed by atoms with Gasteiger partial charge in [-0.1, -0.05) is 12.1 Å². The van der Waals surface area contributed by atoms with Crippen molar-refractivity contribution >= 4 is 36.7 Å². The van der Waals surface area contributed by atoms with Crippen LogP contribution in [0.4, 0.5) is 11.8 Å². The number of imidazole rings is 1. The molecule has 0 aliphatic carbocycles. The van der Waals surface area contributed by atoms with Gasteiger partial charge in [0.15, 0.2) is 13.7 Å². The van der Waals surface area contributed by atoms with Crippen LogP contribution in [0.5, 0.6) is 5.75 Å². The van der Waals surface area contributed by atoms with Crippen molar-refractivity contribution in [2.24, 2.45) is 5.92 Å². The summed E-state index contributed by atoms with van der Waals surface area (Å²) >= 11 is 0. The SMILES string of the molecule is Bc1nc(N2CCCC(C(=O)OC)C2)n2ccnc(NCc3ccc(OC)cc3)c12. The van der Waals surface area contributed by atoms with Gasteiger partial charge in [0.25, 0.3) is 0 Å². The average Bonchev–Trinajstić information content (AvgIpc) is 3.14. The predicted molar refractivity (Wildman–Crippen MR) is 118 cm³/mol. The van der Waals surface area contributed by atoms with Crippen molar-refractivity contribution in [1.82, 2.24) is 14.4 Å². The molecule has 1 fully saturated rings. The number of carbonyl (C=O) groups is 1. The summed E-state index contributed by atoms with van der Waals surface area (Å²) in [7, 11) is 5.09. The fourth-order valence-electron chi connectivity index (χ4n) is 3.99. The molecule has 1 atom stereocenters. The monoisotopic (exact) mass is 407 g/mol. The van der Waals surface area contributed by atoms with E-state index >= 15 is 0 Å². The van der Waals surface area contributed by atoms with E-state index in [-0.39, 0.29) is 11.9 Å². The van der Waals surface area contributed by atoms with Crippen LogP contribution in [0, 0.1) is 5.92 Å². The maximum absolute atomic E-state index is 12.0. The van der Waals surface area contributed by atoms with Crippen LogP contribution in [0.25, 0.3) is 5.52 Å². The maximum atomic E-state index is 12.0. The molecule has 0 bridgehead atoms. The van der Waals surface area contributed by atoms with Gasteiger partial charge < -0.3 is 19.7 Å². The zero-order valence-corrected chi connectivity index (χ0v) is 17.6. The van der Waals surface area contributed by atoms with Crippen LogP contribution in [-0.2, 0) is 16.1 Å². The van der Waals surface area contributed by atoms with Gasteiger partial charge >= 0.3 is 5.97 Å². The van der Waals surface area contributed by atoms with Crippen molar-refractivity contribution in [2.75, 3.05) is 37.5 Å². The van der Waals surface area contributed by atoms with Gasteiger partial charge in [-0.15, -0.1) is 0 Å². The highest BCUT2D eigenvalue weighted by Gasteiger charge is 2.29. The third-order valence-electron chi connectivity index (χ3n) is 5.57. The number of rotatable bonds is 6. The van der Waals surface area contributed by atoms with Crippen molar-refractivity contribution in [3.8, 4) is 5.75 Å². The first-order valence-electron chi connectivity index (χ1n) is 10.1. The van der Waals surface area contributed by atoms with Crippen LogP contribution in [-0.4, -0.2) is 55.5 Å². The molecule has 0 amide bonds. The summed E-state index contributed by atoms with van der Waals surface area (Å²) in [4.78, 5) is 23.5. The van der Waals surface area contributed by atoms with Crippen LogP contribution < -0.4 is 20.5 Å². The number of hydrogen-bond acceptors (Lipinski definition) is 7. The third-order valence-corrected chi connectivity index (χ3v) is 5.57. The second-order valence-corrected chi connectivity index (χ2v) is 7.50. The standard InChI is InChI=1S/C21H26BN5O3/c1-29-16-7-5-14(6-8-16)12-24-19-17-18(22)25-21(27(17)11-9-23-19)26-10-3-4-15(13-26)20(28)30-2/h5-9,11,15H,3-4,10,12-13,22H2,1-2H3,(H,23,24). The van der Waals surface area contributed by atoms with Crippen LogP contribution >= 0.6 is 0 Å². The molecule has 156 valence electrons. The Hall–Kier alpha value is -3.23. The predicted octanol–water partition coefficient (Wildman–Crippen LogP) is 0.998. The Kier molecular flexibility index (Phi) is 5.78. The first-order chi connectivity index (χ1) is 14.6. The van der Waals surface area contributed by atoms with Gasteiger partial charge in [0.2, 0.25) is 5.95 Å². The summed E-state index contributed by atoms with van der Waals surface area (Å²) in [6.07, 6.45) is 5.48. The van der Waals surface area contributed by atoms with Crippen LogP contribution in [0.3, 0.4) is 0 Å². The lowest BCUT2D eigenvalue weighted by Gasteiger charge is -2.31. The summed E-state index contributed by atoms with van der Waals surface area (Å²) in [5, 5.41) is 3.43. The quantitative estimate of drug-likeness (QED) is 0.482. The van der Waals surface area contributed by atoms with Gasteiger partial charge in [-0.3, -0.25) is 9.20 Å². The molecule has 3 aromatic rings. The number of anilines is 2. The van der Waals surface area contributed by atoms with Gasteiger partial charge in [0.05, 0.1) is 20.1 Å². The topological polar surface area (TPSA) is 81.0 Å². The molecule has 1 N–H and O–H groups in total. The Morgan fingerprint density at radius 1 is 1.30 bits per heavy atom. The lowest BCUT2D eigenvalue weighted by atomic mass is 9.98. The summed E-state index contributed by atoms with van der Waals surface area (Å²) < 4.78 is 12.2. The fourth-order valence-corrected chi connectivity index (χ4v) is 3.99. The van der Waals surface area contributed by atoms with E-state index in [1.165, 1.54) is 7.11 Å². The van der Waals surface area contributed by atoms with Crippen molar-refractivity contribution in [1.29, 1.82) is 0 Å². The Morgan fingerprint density at radius 3 is 2.83 bits per heavy atom. The second kappa shape index (κ2) is 8.65. The lowest BCUT2D eigenvalue weighted by Crippen LogP contribution is -2.40. The first kappa shape index (κ1) is 20.1. The van der Waals surface area contributed by atoms with Gasteiger partial charge in [0.1, 0.15) is 11.3 Å². The number of fused-ring (bicyclic) bond motifs is 1. The molecule has 1 aliphatic heterocycles. The van der Waals surface area contributed by atoms with E-state index in [9.17, 15) is 4.79 Å². The van der Waals surface area contributed by atoms with Gasteiger partial charge in [-0.05, 0) is 30.5 Å². The number of nitrogens with one attached hydrogen (secondary N) is 1. The smallest absolute Gasteiger partial charge is 0.310 e. The molecule has 4 rings (SSSR count). The molecule has 0 spiro atoms. The van der Waals surface area contributed by atoms with Gasteiger partial charge in [-0.2, -0.15) is 0 Å². The maximum Gasteiger partial charge on any atom is 0.310 e. The Labute approximate surface area is 176 Å². The molecule has 0 saturated carbocycles. The number of nitrogens with zero attached hydrogens (tertiary/aromatic N) is 4. The van der Waals surface area contributed by atoms with E-state index < -0.39 is 0 Å². The fraction of sp³-hybridized carbons (Fsp3) is 0.381. The number of esters is 1. The number of hydrogen-bond donors (Lipinski definition) is 1. The highest BCUT2D eigenvalue weighted by Crippen LogP contribution is 2.25. The molecular weight excluding hydrogens is 381 g/mol. The Bertz CT molecular complexity index is 1040. The summed E-state index contributed by atoms with van der Waals surface area (Å²) in [6, 6.07) is 7.95. The summed E-state index contributed by atoms with van der Waals surface area (Å²) in [5.41, 5.74) is 2.98. The summed E-state index contributed by atoms with van der Waals surface area (Å²) in [5.74, 6) is 2.19. The van der Waals surface area contributed by atoms with Crippen molar-refractivity contribution in [3.63, 3.8) is 0 Å². The molecule has 1 aromatic carbocycles. The Balaban J connectivity index is 1.58. The van der Waals surface area contributed by atoms with Crippen molar-refractivity contribution in [2.45, 2.75) is 19.4 Å². The molecule has 3 heterocycles. The molecule has 1 aliphatic rings. The third kappa shape index (κ3) is 3.92. The van der Waals surface area contributed by atoms with E-state index in [0.717, 1.165) is 53.6 Å². The molecule has 1 unspecified atom stereocenters. The zero-order chi connectivity index (χ0) is 21.1. The molecule has 8 nitrogen and oxygen atoms in total. The largest absolute Gasteiger partial charge is 0.497 e. The minimum Gasteiger partial charge on any atom is -0.497 e. The van der Waals surface area contributed by atoms with Gasteiger partial charge in [-0.25, -0.2) is 9.97 Å². The van der Waals surface area contributed by atoms with Gasteiger partial charge in [0, 0.05) is 37.6 Å². The minimum absolute atomic E-state index is 0.120. The highest BCUT2D eigenvalue weighted by molar-refractivity contribution is 6.36. The number of benzene rings is 1. The number of methoxy groups -OCH3 is 2. The molecular formula is C21H26BN5O3. The number of aromatic nitrogens is 3. The van der Waals surface area contributed by atoms with E-state index in [1.54, 1.807) is 13.3 Å². The number of piperidine rings is 1. The van der Waals surface area contributed by atoms with Crippen molar-refractivity contribution in [3.05, 3.63) is 42.2 Å². The summed E-state index contributed by atoms with van der Waals surface area (Å²) in [6.45, 7) is 2.12. The second-order valence-electron chi connectivity index (χ2n) is 7.50. The average molecular weight is 407 g/mol. The molecule has 9 heteroatoms. The van der Waals surface area contributed by atoms with Crippen LogP contribution in [0.15, 0.2) is 36.7 Å². The van der Waals surface area contributed by atoms with E-state index in [1.807, 2.05) is 38.3 Å². The molecule has 2 aromatic heterocycles. The molecule has 0 radical (unpaired) electrons. The minimum atomic E-state index is -0.152. The normalized spacial score (nSPS) is 16.5. The molecule has 30 heavy (non-hydrogen) atoms. The van der Waals surface area contributed by atoms with E-state index in [0.29, 0.717) is 13.1 Å². The first-order valence-corrected chi connectivity index (χ1v) is 10.1. The lowest BCUT2D eigenvalue weighted by molar-refractivity contribution is -0.145. The van der Waals surface area contributed by atoms with Crippen molar-refractivity contribution < 1.29 is 14.3 Å². The van der Waals surface area contributed by atoms with Crippen LogP contribution in [0.2, 0.25) is 0 Å². The van der Waals surface area contributed by atoms with Crippen LogP contribution in [0.1, 0.15) is 18.4 Å². The zero-order valence-electron chi connectivity index (χ0n) is 17.6. The molecule has 1 saturated heterocycles. The number of carbonyl (C=O) groups excluding carboxylic acids is 1. The number of ether oxygens (including phenoxy) is 2. The van der Waals surface area contributed by atoms with E-state index in [4.69, 9.17) is 14.5 Å².